The fourth-order valence-corrected chi connectivity index (χ4v) is 1.46. The molecule has 0 N–H and O–H groups in total. The molecule has 0 aliphatic heterocycles. The highest BCUT2D eigenvalue weighted by Gasteiger charge is 2.20. The summed E-state index contributed by atoms with van der Waals surface area (Å²) in [5, 5.41) is 0. The van der Waals surface area contributed by atoms with Gasteiger partial charge in [-0.25, -0.2) is 0 Å². The van der Waals surface area contributed by atoms with E-state index >= 15 is 0 Å². The molecular formula is C14H20O. The van der Waals surface area contributed by atoms with Gasteiger partial charge in [-0.2, -0.15) is 0 Å². The van der Waals surface area contributed by atoms with E-state index in [2.05, 4.69) is 51.6 Å². The second-order valence-electron chi connectivity index (χ2n) is 4.18. The summed E-state index contributed by atoms with van der Waals surface area (Å²) in [7, 11) is 0. The molecule has 82 valence electrons. The van der Waals surface area contributed by atoms with Crippen molar-refractivity contribution in [1.29, 1.82) is 0 Å². The zero-order valence-corrected chi connectivity index (χ0v) is 9.92. The summed E-state index contributed by atoms with van der Waals surface area (Å²) in [6, 6.07) is 8.35. The van der Waals surface area contributed by atoms with Crippen molar-refractivity contribution in [2.24, 2.45) is 0 Å². The smallest absolute Gasteiger partial charge is 0.0875 e. The van der Waals surface area contributed by atoms with Gasteiger partial charge < -0.3 is 4.74 Å². The Morgan fingerprint density at radius 3 is 2.33 bits per heavy atom. The van der Waals surface area contributed by atoms with Crippen molar-refractivity contribution in [1.82, 2.24) is 0 Å². The zero-order chi connectivity index (χ0) is 11.3. The van der Waals surface area contributed by atoms with E-state index in [9.17, 15) is 0 Å². The van der Waals surface area contributed by atoms with Crippen molar-refractivity contribution in [3.63, 3.8) is 0 Å². The molecular weight excluding hydrogens is 184 g/mol. The summed E-state index contributed by atoms with van der Waals surface area (Å²) < 4.78 is 5.81. The van der Waals surface area contributed by atoms with Crippen LogP contribution in [0.15, 0.2) is 30.8 Å². The van der Waals surface area contributed by atoms with E-state index in [0.29, 0.717) is 0 Å². The van der Waals surface area contributed by atoms with E-state index in [0.717, 1.165) is 18.6 Å². The highest BCUT2D eigenvalue weighted by atomic mass is 16.5. The monoisotopic (exact) mass is 204 g/mol. The van der Waals surface area contributed by atoms with Crippen LogP contribution in [0.4, 0.5) is 0 Å². The molecule has 0 aliphatic rings. The second-order valence-corrected chi connectivity index (χ2v) is 4.18. The number of rotatable bonds is 5. The number of hydrogen-bond acceptors (Lipinski definition) is 1. The standard InChI is InChI=1S/C14H20O/c1-5-11-15-14(3,4)13-9-7-12(6-2)8-10-13/h6-10H,2,5,11H2,1,3-4H3. The third-order valence-corrected chi connectivity index (χ3v) is 2.51. The summed E-state index contributed by atoms with van der Waals surface area (Å²) in [5.41, 5.74) is 2.15. The summed E-state index contributed by atoms with van der Waals surface area (Å²) in [6.45, 7) is 10.9. The van der Waals surface area contributed by atoms with Crippen molar-refractivity contribution < 1.29 is 4.74 Å². The van der Waals surface area contributed by atoms with Gasteiger partial charge in [-0.3, -0.25) is 0 Å². The van der Waals surface area contributed by atoms with Crippen LogP contribution in [0.1, 0.15) is 38.3 Å². The highest BCUT2D eigenvalue weighted by molar-refractivity contribution is 5.47. The maximum atomic E-state index is 5.81. The fourth-order valence-electron chi connectivity index (χ4n) is 1.46. The average Bonchev–Trinajstić information content (AvgIpc) is 2.26. The second kappa shape index (κ2) is 5.13. The minimum atomic E-state index is -0.199. The fraction of sp³-hybridized carbons (Fsp3) is 0.429. The van der Waals surface area contributed by atoms with Crippen LogP contribution in [0.2, 0.25) is 0 Å². The van der Waals surface area contributed by atoms with E-state index in [-0.39, 0.29) is 5.60 Å². The van der Waals surface area contributed by atoms with E-state index < -0.39 is 0 Å². The molecule has 1 aromatic rings. The molecule has 1 heteroatoms. The van der Waals surface area contributed by atoms with Gasteiger partial charge in [0.15, 0.2) is 0 Å². The Morgan fingerprint density at radius 1 is 1.27 bits per heavy atom. The van der Waals surface area contributed by atoms with Crippen LogP contribution in [-0.4, -0.2) is 6.61 Å². The van der Waals surface area contributed by atoms with Gasteiger partial charge in [-0.15, -0.1) is 0 Å². The maximum Gasteiger partial charge on any atom is 0.0875 e. The third kappa shape index (κ3) is 3.21. The van der Waals surface area contributed by atoms with Gasteiger partial charge >= 0.3 is 0 Å². The van der Waals surface area contributed by atoms with Gasteiger partial charge in [0.05, 0.1) is 5.60 Å². The lowest BCUT2D eigenvalue weighted by Crippen LogP contribution is -2.21. The highest BCUT2D eigenvalue weighted by Crippen LogP contribution is 2.25. The first kappa shape index (κ1) is 12.0. The predicted molar refractivity (Wildman–Crippen MR) is 65.8 cm³/mol. The number of benzene rings is 1. The first-order valence-corrected chi connectivity index (χ1v) is 5.47. The van der Waals surface area contributed by atoms with Gasteiger partial charge in [-0.1, -0.05) is 43.8 Å². The molecule has 0 spiro atoms. The molecule has 0 radical (unpaired) electrons. The van der Waals surface area contributed by atoms with Gasteiger partial charge in [-0.05, 0) is 31.4 Å². The molecule has 1 nitrogen and oxygen atoms in total. The van der Waals surface area contributed by atoms with Crippen molar-refractivity contribution >= 4 is 6.08 Å². The number of hydrogen-bond donors (Lipinski definition) is 0. The molecule has 0 heterocycles. The quantitative estimate of drug-likeness (QED) is 0.704. The van der Waals surface area contributed by atoms with Crippen LogP contribution in [0.5, 0.6) is 0 Å². The van der Waals surface area contributed by atoms with Gasteiger partial charge in [0, 0.05) is 6.61 Å². The topological polar surface area (TPSA) is 9.23 Å². The van der Waals surface area contributed by atoms with Gasteiger partial charge in [0.1, 0.15) is 0 Å². The lowest BCUT2D eigenvalue weighted by Gasteiger charge is -2.25. The lowest BCUT2D eigenvalue weighted by atomic mass is 9.97. The van der Waals surface area contributed by atoms with Crippen LogP contribution in [0.25, 0.3) is 6.08 Å². The van der Waals surface area contributed by atoms with Gasteiger partial charge in [0.2, 0.25) is 0 Å². The van der Waals surface area contributed by atoms with Crippen molar-refractivity contribution in [3.8, 4) is 0 Å². The molecule has 0 aliphatic carbocycles. The average molecular weight is 204 g/mol. The molecule has 15 heavy (non-hydrogen) atoms. The summed E-state index contributed by atoms with van der Waals surface area (Å²) in [5.74, 6) is 0. The van der Waals surface area contributed by atoms with Crippen molar-refractivity contribution in [3.05, 3.63) is 42.0 Å². The molecule has 0 saturated heterocycles. The minimum absolute atomic E-state index is 0.199. The zero-order valence-electron chi connectivity index (χ0n) is 9.92. The molecule has 0 bridgehead atoms. The van der Waals surface area contributed by atoms with Crippen LogP contribution >= 0.6 is 0 Å². The molecule has 1 rings (SSSR count). The summed E-state index contributed by atoms with van der Waals surface area (Å²) >= 11 is 0. The molecule has 0 fully saturated rings. The first-order valence-electron chi connectivity index (χ1n) is 5.47. The summed E-state index contributed by atoms with van der Waals surface area (Å²) in [4.78, 5) is 0. The Balaban J connectivity index is 2.80. The Bertz CT molecular complexity index is 309. The summed E-state index contributed by atoms with van der Waals surface area (Å²) in [6.07, 6.45) is 2.90. The molecule has 0 amide bonds. The third-order valence-electron chi connectivity index (χ3n) is 2.51. The minimum Gasteiger partial charge on any atom is -0.371 e. The van der Waals surface area contributed by atoms with Crippen molar-refractivity contribution in [2.45, 2.75) is 32.8 Å². The Hall–Kier alpha value is -1.08. The van der Waals surface area contributed by atoms with Gasteiger partial charge in [0.25, 0.3) is 0 Å². The first-order chi connectivity index (χ1) is 7.10. The molecule has 0 aromatic heterocycles. The maximum absolute atomic E-state index is 5.81. The van der Waals surface area contributed by atoms with Crippen LogP contribution in [0.3, 0.4) is 0 Å². The van der Waals surface area contributed by atoms with Crippen LogP contribution in [-0.2, 0) is 10.3 Å². The van der Waals surface area contributed by atoms with E-state index in [4.69, 9.17) is 4.74 Å². The van der Waals surface area contributed by atoms with Crippen molar-refractivity contribution in [2.75, 3.05) is 6.61 Å². The molecule has 0 saturated carbocycles. The molecule has 0 unspecified atom stereocenters. The predicted octanol–water partition coefficient (Wildman–Crippen LogP) is 3.99. The SMILES string of the molecule is C=Cc1ccc(C(C)(C)OCCC)cc1. The van der Waals surface area contributed by atoms with Crippen LogP contribution < -0.4 is 0 Å². The molecule has 1 aromatic carbocycles. The van der Waals surface area contributed by atoms with E-state index in [1.54, 1.807) is 0 Å². The van der Waals surface area contributed by atoms with E-state index in [1.165, 1.54) is 5.56 Å². The lowest BCUT2D eigenvalue weighted by molar-refractivity contribution is -0.0212. The molecule has 0 atom stereocenters. The number of ether oxygens (including phenoxy) is 1. The van der Waals surface area contributed by atoms with E-state index in [1.807, 2.05) is 6.08 Å². The Morgan fingerprint density at radius 2 is 1.87 bits per heavy atom. The Labute approximate surface area is 92.8 Å². The Kier molecular flexibility index (Phi) is 4.10. The van der Waals surface area contributed by atoms with Crippen LogP contribution in [0, 0.1) is 0 Å². The largest absolute Gasteiger partial charge is 0.371 e. The normalized spacial score (nSPS) is 11.4.